The maximum absolute atomic E-state index is 10.3. The first-order valence-corrected chi connectivity index (χ1v) is 6.09. The molecule has 18 heavy (non-hydrogen) atoms. The van der Waals surface area contributed by atoms with E-state index in [1.807, 2.05) is 29.1 Å². The lowest BCUT2D eigenvalue weighted by Crippen LogP contribution is -2.44. The first-order valence-electron chi connectivity index (χ1n) is 6.09. The molecule has 0 unspecified atom stereocenters. The lowest BCUT2D eigenvalue weighted by Gasteiger charge is -2.26. The quantitative estimate of drug-likeness (QED) is 0.793. The molecule has 1 aromatic heterocycles. The van der Waals surface area contributed by atoms with E-state index in [2.05, 4.69) is 10.4 Å². The fourth-order valence-electron chi connectivity index (χ4n) is 2.11. The number of nitrogens with one attached hydrogen (secondary N) is 1. The van der Waals surface area contributed by atoms with Crippen molar-refractivity contribution in [2.45, 2.75) is 6.54 Å². The van der Waals surface area contributed by atoms with Crippen molar-refractivity contribution in [3.63, 3.8) is 0 Å². The number of aldehydes is 1. The van der Waals surface area contributed by atoms with Gasteiger partial charge in [0, 0.05) is 37.1 Å². The van der Waals surface area contributed by atoms with Gasteiger partial charge in [-0.3, -0.25) is 9.48 Å². The number of aromatic nitrogens is 2. The zero-order chi connectivity index (χ0) is 12.4. The number of carbonyl (C=O) groups is 1. The Morgan fingerprint density at radius 2 is 2.39 bits per heavy atom. The molecule has 1 fully saturated rings. The number of rotatable bonds is 5. The molecule has 0 bridgehead atoms. The summed E-state index contributed by atoms with van der Waals surface area (Å²) in [5.41, 5.74) is 0.959. The minimum Gasteiger partial charge on any atom is -0.486 e. The number of hydrogen-bond acceptors (Lipinski definition) is 4. The van der Waals surface area contributed by atoms with Gasteiger partial charge in [-0.15, -0.1) is 0 Å². The Morgan fingerprint density at radius 1 is 1.50 bits per heavy atom. The van der Waals surface area contributed by atoms with Gasteiger partial charge in [0.05, 0.1) is 5.52 Å². The fourth-order valence-corrected chi connectivity index (χ4v) is 2.11. The third kappa shape index (κ3) is 2.22. The van der Waals surface area contributed by atoms with Gasteiger partial charge in [0.15, 0.2) is 6.29 Å². The second kappa shape index (κ2) is 4.78. The summed E-state index contributed by atoms with van der Waals surface area (Å²) in [5, 5.41) is 8.82. The molecule has 3 rings (SSSR count). The van der Waals surface area contributed by atoms with Crippen molar-refractivity contribution >= 4 is 17.2 Å². The number of nitrogens with zero attached hydrogens (tertiary/aromatic N) is 2. The van der Waals surface area contributed by atoms with Gasteiger partial charge in [0.2, 0.25) is 0 Å². The molecule has 94 valence electrons. The van der Waals surface area contributed by atoms with Crippen LogP contribution in [0.4, 0.5) is 0 Å². The summed E-state index contributed by atoms with van der Waals surface area (Å²) in [6.45, 7) is 3.19. The van der Waals surface area contributed by atoms with Crippen molar-refractivity contribution in [1.82, 2.24) is 15.1 Å². The minimum atomic E-state index is 0.0907. The Hall–Kier alpha value is -1.88. The molecular weight excluding hydrogens is 230 g/mol. The monoisotopic (exact) mass is 245 g/mol. The predicted octanol–water partition coefficient (Wildman–Crippen LogP) is 0.833. The van der Waals surface area contributed by atoms with E-state index in [9.17, 15) is 4.79 Å². The molecule has 1 aliphatic rings. The highest BCUT2D eigenvalue weighted by molar-refractivity contribution is 5.79. The molecule has 0 spiro atoms. The van der Waals surface area contributed by atoms with Crippen LogP contribution in [0.3, 0.4) is 0 Å². The van der Waals surface area contributed by atoms with E-state index in [0.717, 1.165) is 36.8 Å². The van der Waals surface area contributed by atoms with Crippen LogP contribution in [0.1, 0.15) is 0 Å². The number of fused-ring (bicyclic) bond motifs is 1. The lowest BCUT2D eigenvalue weighted by molar-refractivity contribution is -0.109. The highest BCUT2D eigenvalue weighted by Gasteiger charge is 2.17. The first kappa shape index (κ1) is 11.2. The van der Waals surface area contributed by atoms with E-state index in [0.29, 0.717) is 11.7 Å². The van der Waals surface area contributed by atoms with Crippen LogP contribution in [0, 0.1) is 5.92 Å². The Morgan fingerprint density at radius 3 is 3.11 bits per heavy atom. The largest absolute Gasteiger partial charge is 0.486 e. The average molecular weight is 245 g/mol. The van der Waals surface area contributed by atoms with Crippen LogP contribution < -0.4 is 10.1 Å². The SMILES string of the molecule is O=CCOc1ccc2nn(CC3CNC3)cc2c1. The summed E-state index contributed by atoms with van der Waals surface area (Å²) in [5.74, 6) is 1.39. The van der Waals surface area contributed by atoms with Gasteiger partial charge < -0.3 is 10.1 Å². The minimum absolute atomic E-state index is 0.0907. The van der Waals surface area contributed by atoms with E-state index < -0.39 is 0 Å². The zero-order valence-corrected chi connectivity index (χ0v) is 10.0. The molecule has 0 amide bonds. The molecule has 1 aromatic carbocycles. The third-order valence-corrected chi connectivity index (χ3v) is 3.15. The summed E-state index contributed by atoms with van der Waals surface area (Å²) in [7, 11) is 0. The molecule has 1 aliphatic heterocycles. The molecule has 1 N–H and O–H groups in total. The Balaban J connectivity index is 1.79. The van der Waals surface area contributed by atoms with E-state index in [1.165, 1.54) is 0 Å². The van der Waals surface area contributed by atoms with Crippen LogP contribution in [-0.4, -0.2) is 35.8 Å². The molecule has 1 saturated heterocycles. The van der Waals surface area contributed by atoms with Gasteiger partial charge in [-0.1, -0.05) is 0 Å². The summed E-state index contributed by atoms with van der Waals surface area (Å²) >= 11 is 0. The van der Waals surface area contributed by atoms with Crippen LogP contribution in [0.15, 0.2) is 24.4 Å². The van der Waals surface area contributed by atoms with Crippen molar-refractivity contribution in [2.24, 2.45) is 5.92 Å². The fraction of sp³-hybridized carbons (Fsp3) is 0.385. The molecular formula is C13H15N3O2. The molecule has 5 heteroatoms. The highest BCUT2D eigenvalue weighted by atomic mass is 16.5. The van der Waals surface area contributed by atoms with Gasteiger partial charge >= 0.3 is 0 Å². The smallest absolute Gasteiger partial charge is 0.157 e. The lowest BCUT2D eigenvalue weighted by atomic mass is 10.0. The highest BCUT2D eigenvalue weighted by Crippen LogP contribution is 2.20. The molecule has 2 aromatic rings. The maximum Gasteiger partial charge on any atom is 0.157 e. The number of ether oxygens (including phenoxy) is 1. The van der Waals surface area contributed by atoms with E-state index in [1.54, 1.807) is 0 Å². The van der Waals surface area contributed by atoms with Crippen molar-refractivity contribution in [2.75, 3.05) is 19.7 Å². The van der Waals surface area contributed by atoms with Crippen LogP contribution in [0.2, 0.25) is 0 Å². The Bertz CT molecular complexity index is 560. The van der Waals surface area contributed by atoms with Crippen molar-refractivity contribution in [3.05, 3.63) is 24.4 Å². The summed E-state index contributed by atoms with van der Waals surface area (Å²) in [6.07, 6.45) is 2.78. The second-order valence-electron chi connectivity index (χ2n) is 4.57. The maximum atomic E-state index is 10.3. The van der Waals surface area contributed by atoms with Gasteiger partial charge in [-0.25, -0.2) is 0 Å². The second-order valence-corrected chi connectivity index (χ2v) is 4.57. The molecule has 0 atom stereocenters. The molecule has 5 nitrogen and oxygen atoms in total. The van der Waals surface area contributed by atoms with E-state index in [4.69, 9.17) is 4.74 Å². The van der Waals surface area contributed by atoms with Crippen molar-refractivity contribution < 1.29 is 9.53 Å². The third-order valence-electron chi connectivity index (χ3n) is 3.15. The molecule has 0 radical (unpaired) electrons. The predicted molar refractivity (Wildman–Crippen MR) is 67.7 cm³/mol. The molecule has 2 heterocycles. The van der Waals surface area contributed by atoms with Crippen LogP contribution in [0.25, 0.3) is 10.9 Å². The number of carbonyl (C=O) groups excluding carboxylic acids is 1. The molecule has 0 saturated carbocycles. The van der Waals surface area contributed by atoms with Gasteiger partial charge in [-0.2, -0.15) is 5.10 Å². The van der Waals surface area contributed by atoms with E-state index in [-0.39, 0.29) is 6.61 Å². The van der Waals surface area contributed by atoms with E-state index >= 15 is 0 Å². The van der Waals surface area contributed by atoms with Crippen LogP contribution in [-0.2, 0) is 11.3 Å². The van der Waals surface area contributed by atoms with Gasteiger partial charge in [0.1, 0.15) is 12.4 Å². The van der Waals surface area contributed by atoms with Gasteiger partial charge in [-0.05, 0) is 18.2 Å². The Labute approximate surface area is 105 Å². The number of hydrogen-bond donors (Lipinski definition) is 1. The van der Waals surface area contributed by atoms with Crippen LogP contribution in [0.5, 0.6) is 5.75 Å². The first-order chi connectivity index (χ1) is 8.85. The summed E-state index contributed by atoms with van der Waals surface area (Å²) < 4.78 is 7.26. The van der Waals surface area contributed by atoms with Crippen molar-refractivity contribution in [3.8, 4) is 5.75 Å². The standard InChI is InChI=1S/C13H15N3O2/c17-3-4-18-12-1-2-13-11(5-12)9-16(15-13)8-10-6-14-7-10/h1-3,5,9-10,14H,4,6-8H2. The zero-order valence-electron chi connectivity index (χ0n) is 10.0. The van der Waals surface area contributed by atoms with Crippen molar-refractivity contribution in [1.29, 1.82) is 0 Å². The van der Waals surface area contributed by atoms with Gasteiger partial charge in [0.25, 0.3) is 0 Å². The number of benzene rings is 1. The topological polar surface area (TPSA) is 56.1 Å². The van der Waals surface area contributed by atoms with Crippen LogP contribution >= 0.6 is 0 Å². The Kier molecular flexibility index (Phi) is 2.98. The normalized spacial score (nSPS) is 15.6. The summed E-state index contributed by atoms with van der Waals surface area (Å²) in [4.78, 5) is 10.3. The average Bonchev–Trinajstić information content (AvgIpc) is 2.73. The summed E-state index contributed by atoms with van der Waals surface area (Å²) in [6, 6.07) is 5.68. The molecule has 0 aliphatic carbocycles.